The highest BCUT2D eigenvalue weighted by Gasteiger charge is 2.14. The molecule has 0 aliphatic rings. The third-order valence-electron chi connectivity index (χ3n) is 2.41. The molecule has 1 rings (SSSR count). The predicted molar refractivity (Wildman–Crippen MR) is 69.4 cm³/mol. The minimum atomic E-state index is -0.717. The summed E-state index contributed by atoms with van der Waals surface area (Å²) in [4.78, 5) is 11.5. The van der Waals surface area contributed by atoms with E-state index in [2.05, 4.69) is 5.32 Å². The summed E-state index contributed by atoms with van der Waals surface area (Å²) in [7, 11) is 1.47. The van der Waals surface area contributed by atoms with Gasteiger partial charge in [-0.2, -0.15) is 0 Å². The average molecular weight is 270 g/mol. The first-order valence-corrected chi connectivity index (χ1v) is 5.98. The Bertz CT molecular complexity index is 415. The van der Waals surface area contributed by atoms with Gasteiger partial charge in [-0.1, -0.05) is 12.1 Å². The van der Waals surface area contributed by atoms with Crippen LogP contribution in [0, 0.1) is 5.82 Å². The Labute approximate surface area is 111 Å². The van der Waals surface area contributed by atoms with Crippen molar-refractivity contribution in [3.05, 3.63) is 30.1 Å². The molecule has 1 amide bonds. The molecule has 19 heavy (non-hydrogen) atoms. The molecule has 0 aromatic heterocycles. The van der Waals surface area contributed by atoms with Gasteiger partial charge in [-0.15, -0.1) is 0 Å². The fourth-order valence-electron chi connectivity index (χ4n) is 1.43. The van der Waals surface area contributed by atoms with Crippen molar-refractivity contribution >= 4 is 5.91 Å². The van der Waals surface area contributed by atoms with Gasteiger partial charge >= 0.3 is 0 Å². The molecule has 0 bridgehead atoms. The van der Waals surface area contributed by atoms with Crippen molar-refractivity contribution in [1.82, 2.24) is 5.32 Å². The lowest BCUT2D eigenvalue weighted by Crippen LogP contribution is -2.46. The lowest BCUT2D eigenvalue weighted by Gasteiger charge is -2.17. The van der Waals surface area contributed by atoms with Crippen molar-refractivity contribution in [2.75, 3.05) is 20.3 Å². The van der Waals surface area contributed by atoms with Gasteiger partial charge in [0.15, 0.2) is 11.6 Å². The first-order chi connectivity index (χ1) is 9.04. The molecule has 3 N–H and O–H groups in total. The van der Waals surface area contributed by atoms with E-state index in [1.807, 2.05) is 0 Å². The number of halogens is 1. The summed E-state index contributed by atoms with van der Waals surface area (Å²) in [6.45, 7) is 2.12. The predicted octanol–water partition coefficient (Wildman–Crippen LogP) is 0.683. The minimum absolute atomic E-state index is 0.147. The van der Waals surface area contributed by atoms with Gasteiger partial charge in [0.25, 0.3) is 0 Å². The zero-order valence-corrected chi connectivity index (χ0v) is 11.1. The largest absolute Gasteiger partial charge is 0.486 e. The molecule has 0 saturated heterocycles. The molecule has 1 aromatic carbocycles. The highest BCUT2D eigenvalue weighted by atomic mass is 19.1. The van der Waals surface area contributed by atoms with E-state index in [0.29, 0.717) is 0 Å². The number of rotatable bonds is 7. The van der Waals surface area contributed by atoms with Crippen LogP contribution in [0.5, 0.6) is 5.75 Å². The van der Waals surface area contributed by atoms with E-state index in [4.69, 9.17) is 15.2 Å². The molecule has 5 nitrogen and oxygen atoms in total. The number of carbonyl (C=O) groups excluding carboxylic acids is 1. The summed E-state index contributed by atoms with van der Waals surface area (Å²) in [5.41, 5.74) is 5.55. The Kier molecular flexibility index (Phi) is 6.24. The molecule has 0 radical (unpaired) electrons. The Morgan fingerprint density at radius 3 is 2.79 bits per heavy atom. The molecule has 2 atom stereocenters. The Balaban J connectivity index is 2.38. The number of hydrogen-bond donors (Lipinski definition) is 2. The van der Waals surface area contributed by atoms with Crippen molar-refractivity contribution in [2.24, 2.45) is 5.73 Å². The number of amides is 1. The van der Waals surface area contributed by atoms with Crippen LogP contribution in [0.25, 0.3) is 0 Å². The molecule has 0 saturated carbocycles. The Hall–Kier alpha value is -1.66. The van der Waals surface area contributed by atoms with E-state index in [1.165, 1.54) is 19.2 Å². The Morgan fingerprint density at radius 2 is 2.16 bits per heavy atom. The quantitative estimate of drug-likeness (QED) is 0.764. The molecular formula is C13H19FN2O3. The van der Waals surface area contributed by atoms with E-state index in [9.17, 15) is 9.18 Å². The first kappa shape index (κ1) is 15.4. The van der Waals surface area contributed by atoms with E-state index in [-0.39, 0.29) is 30.9 Å². The number of methoxy groups -OCH3 is 1. The van der Waals surface area contributed by atoms with Crippen LogP contribution in [-0.2, 0) is 9.53 Å². The van der Waals surface area contributed by atoms with Crippen LogP contribution in [0.2, 0.25) is 0 Å². The highest BCUT2D eigenvalue weighted by molar-refractivity contribution is 5.81. The van der Waals surface area contributed by atoms with E-state index >= 15 is 0 Å². The average Bonchev–Trinajstić information content (AvgIpc) is 2.39. The summed E-state index contributed by atoms with van der Waals surface area (Å²) >= 11 is 0. The maximum atomic E-state index is 13.3. The van der Waals surface area contributed by atoms with Gasteiger partial charge in [0.05, 0.1) is 13.2 Å². The second-order valence-corrected chi connectivity index (χ2v) is 4.17. The van der Waals surface area contributed by atoms with Gasteiger partial charge in [-0.25, -0.2) is 4.39 Å². The van der Waals surface area contributed by atoms with Crippen molar-refractivity contribution < 1.29 is 18.7 Å². The standard InChI is InChI=1S/C13H19FN2O3/c1-9(7-16-13(17)11(15)8-18-2)19-12-6-4-3-5-10(12)14/h3-6,9,11H,7-8,15H2,1-2H3,(H,16,17). The zero-order chi connectivity index (χ0) is 14.3. The zero-order valence-electron chi connectivity index (χ0n) is 11.1. The fourth-order valence-corrected chi connectivity index (χ4v) is 1.43. The van der Waals surface area contributed by atoms with Gasteiger partial charge in [0.1, 0.15) is 12.1 Å². The maximum absolute atomic E-state index is 13.3. The highest BCUT2D eigenvalue weighted by Crippen LogP contribution is 2.16. The molecule has 106 valence electrons. The van der Waals surface area contributed by atoms with Crippen molar-refractivity contribution in [3.63, 3.8) is 0 Å². The van der Waals surface area contributed by atoms with Gasteiger partial charge in [-0.3, -0.25) is 4.79 Å². The molecule has 2 unspecified atom stereocenters. The van der Waals surface area contributed by atoms with Gasteiger partial charge < -0.3 is 20.5 Å². The number of carbonyl (C=O) groups is 1. The van der Waals surface area contributed by atoms with Crippen LogP contribution in [-0.4, -0.2) is 38.3 Å². The SMILES string of the molecule is COCC(N)C(=O)NCC(C)Oc1ccccc1F. The molecule has 0 heterocycles. The molecule has 0 spiro atoms. The summed E-state index contributed by atoms with van der Waals surface area (Å²) < 4.78 is 23.5. The smallest absolute Gasteiger partial charge is 0.239 e. The maximum Gasteiger partial charge on any atom is 0.239 e. The van der Waals surface area contributed by atoms with Crippen LogP contribution in [0.3, 0.4) is 0 Å². The van der Waals surface area contributed by atoms with Gasteiger partial charge in [-0.05, 0) is 19.1 Å². The van der Waals surface area contributed by atoms with Gasteiger partial charge in [0, 0.05) is 7.11 Å². The number of hydrogen-bond acceptors (Lipinski definition) is 4. The molecule has 0 aliphatic heterocycles. The third kappa shape index (κ3) is 5.23. The van der Waals surface area contributed by atoms with Crippen LogP contribution in [0.4, 0.5) is 4.39 Å². The Morgan fingerprint density at radius 1 is 1.47 bits per heavy atom. The molecule has 6 heteroatoms. The molecule has 0 fully saturated rings. The normalized spacial score (nSPS) is 13.7. The second-order valence-electron chi connectivity index (χ2n) is 4.17. The first-order valence-electron chi connectivity index (χ1n) is 5.98. The van der Waals surface area contributed by atoms with Crippen LogP contribution < -0.4 is 15.8 Å². The number of nitrogens with two attached hydrogens (primary N) is 1. The van der Waals surface area contributed by atoms with Crippen molar-refractivity contribution in [3.8, 4) is 5.75 Å². The number of para-hydroxylation sites is 1. The topological polar surface area (TPSA) is 73.6 Å². The van der Waals surface area contributed by atoms with Crippen LogP contribution >= 0.6 is 0 Å². The summed E-state index contributed by atoms with van der Waals surface area (Å²) in [6, 6.07) is 5.39. The van der Waals surface area contributed by atoms with Crippen molar-refractivity contribution in [1.29, 1.82) is 0 Å². The van der Waals surface area contributed by atoms with Crippen LogP contribution in [0.15, 0.2) is 24.3 Å². The van der Waals surface area contributed by atoms with Crippen LogP contribution in [0.1, 0.15) is 6.92 Å². The second kappa shape index (κ2) is 7.70. The molecule has 1 aromatic rings. The van der Waals surface area contributed by atoms with Crippen molar-refractivity contribution in [2.45, 2.75) is 19.1 Å². The molecule has 0 aliphatic carbocycles. The number of ether oxygens (including phenoxy) is 2. The lowest BCUT2D eigenvalue weighted by molar-refractivity contribution is -0.123. The molecular weight excluding hydrogens is 251 g/mol. The number of benzene rings is 1. The van der Waals surface area contributed by atoms with E-state index < -0.39 is 11.9 Å². The summed E-state index contributed by atoms with van der Waals surface area (Å²) in [5.74, 6) is -0.604. The number of nitrogens with one attached hydrogen (secondary N) is 1. The van der Waals surface area contributed by atoms with E-state index in [1.54, 1.807) is 19.1 Å². The van der Waals surface area contributed by atoms with Gasteiger partial charge in [0.2, 0.25) is 5.91 Å². The lowest BCUT2D eigenvalue weighted by atomic mass is 10.3. The van der Waals surface area contributed by atoms with E-state index in [0.717, 1.165) is 0 Å². The minimum Gasteiger partial charge on any atom is -0.486 e. The third-order valence-corrected chi connectivity index (χ3v) is 2.41. The summed E-state index contributed by atoms with van der Waals surface area (Å²) in [5, 5.41) is 2.62. The fraction of sp³-hybridized carbons (Fsp3) is 0.462. The monoisotopic (exact) mass is 270 g/mol. The summed E-state index contributed by atoms with van der Waals surface area (Å²) in [6.07, 6.45) is -0.365.